The van der Waals surface area contributed by atoms with Gasteiger partial charge in [-0.2, -0.15) is 0 Å². The summed E-state index contributed by atoms with van der Waals surface area (Å²) in [5.41, 5.74) is 1.28. The normalized spacial score (nSPS) is 25.0. The van der Waals surface area contributed by atoms with Gasteiger partial charge in [-0.25, -0.2) is 9.97 Å². The van der Waals surface area contributed by atoms with E-state index in [4.69, 9.17) is 4.74 Å². The van der Waals surface area contributed by atoms with Crippen molar-refractivity contribution in [2.24, 2.45) is 0 Å². The Morgan fingerprint density at radius 2 is 2.04 bits per heavy atom. The lowest BCUT2D eigenvalue weighted by atomic mass is 9.90. The Bertz CT molecular complexity index is 827. The summed E-state index contributed by atoms with van der Waals surface area (Å²) in [6.07, 6.45) is 8.88. The predicted molar refractivity (Wildman–Crippen MR) is 108 cm³/mol. The second-order valence-corrected chi connectivity index (χ2v) is 9.05. The smallest absolute Gasteiger partial charge is 0.306 e. The molecule has 0 aromatic carbocycles. The molecule has 6 nitrogen and oxygen atoms in total. The van der Waals surface area contributed by atoms with Crippen LogP contribution in [0.1, 0.15) is 54.9 Å². The zero-order chi connectivity index (χ0) is 19.0. The summed E-state index contributed by atoms with van der Waals surface area (Å²) in [4.78, 5) is 25.7. The highest BCUT2D eigenvalue weighted by Gasteiger charge is 2.32. The fraction of sp³-hybridized carbons (Fsp3) is 0.650. The molecule has 4 rings (SSSR count). The number of nitrogens with zero attached hydrogens (tertiary/aromatic N) is 3. The number of hydrogen-bond donors (Lipinski definition) is 1. The van der Waals surface area contributed by atoms with Crippen LogP contribution in [0, 0.1) is 0 Å². The lowest BCUT2D eigenvalue weighted by Gasteiger charge is -2.33. The molecule has 0 aliphatic heterocycles. The topological polar surface area (TPSA) is 67.3 Å². The number of aromatic nitrogens is 2. The number of methoxy groups -OCH3 is 1. The van der Waals surface area contributed by atoms with Gasteiger partial charge >= 0.3 is 5.97 Å². The second kappa shape index (κ2) is 7.72. The number of rotatable bonds is 5. The van der Waals surface area contributed by atoms with Gasteiger partial charge in [-0.1, -0.05) is 0 Å². The van der Waals surface area contributed by atoms with Gasteiger partial charge in [-0.15, -0.1) is 11.3 Å². The average Bonchev–Trinajstić information content (AvgIpc) is 3.22. The molecule has 1 fully saturated rings. The van der Waals surface area contributed by atoms with E-state index in [0.29, 0.717) is 18.5 Å². The summed E-state index contributed by atoms with van der Waals surface area (Å²) in [5, 5.41) is 4.85. The lowest BCUT2D eigenvalue weighted by Crippen LogP contribution is -2.36. The SMILES string of the molecule is COC(=O)CC1CCc2sc3ncnc(NC4CCC(N(C)C)CC4)c3c21. The highest BCUT2D eigenvalue weighted by atomic mass is 32.1. The van der Waals surface area contributed by atoms with E-state index in [1.54, 1.807) is 17.7 Å². The lowest BCUT2D eigenvalue weighted by molar-refractivity contribution is -0.141. The number of aryl methyl sites for hydroxylation is 1. The highest BCUT2D eigenvalue weighted by molar-refractivity contribution is 7.19. The predicted octanol–water partition coefficient (Wildman–Crippen LogP) is 3.57. The Labute approximate surface area is 164 Å². The maximum absolute atomic E-state index is 11.9. The van der Waals surface area contributed by atoms with Crippen molar-refractivity contribution in [1.82, 2.24) is 14.9 Å². The van der Waals surface area contributed by atoms with Crippen LogP contribution in [-0.4, -0.2) is 54.1 Å². The fourth-order valence-corrected chi connectivity index (χ4v) is 5.84. The van der Waals surface area contributed by atoms with E-state index < -0.39 is 0 Å². The number of anilines is 1. The minimum Gasteiger partial charge on any atom is -0.469 e. The number of carbonyl (C=O) groups excluding carboxylic acids is 1. The van der Waals surface area contributed by atoms with Gasteiger partial charge in [-0.3, -0.25) is 4.79 Å². The number of ether oxygens (including phenoxy) is 1. The first-order chi connectivity index (χ1) is 13.1. The van der Waals surface area contributed by atoms with E-state index in [9.17, 15) is 4.79 Å². The summed E-state index contributed by atoms with van der Waals surface area (Å²) < 4.78 is 4.91. The van der Waals surface area contributed by atoms with Crippen molar-refractivity contribution < 1.29 is 9.53 Å². The van der Waals surface area contributed by atoms with Crippen molar-refractivity contribution in [3.63, 3.8) is 0 Å². The number of esters is 1. The van der Waals surface area contributed by atoms with E-state index in [1.807, 2.05) is 0 Å². The maximum atomic E-state index is 11.9. The van der Waals surface area contributed by atoms with E-state index in [1.165, 1.54) is 30.4 Å². The van der Waals surface area contributed by atoms with Gasteiger partial charge in [0.15, 0.2) is 0 Å². The fourth-order valence-electron chi connectivity index (χ4n) is 4.60. The number of nitrogens with one attached hydrogen (secondary N) is 1. The zero-order valence-electron chi connectivity index (χ0n) is 16.3. The molecule has 1 unspecified atom stereocenters. The Balaban J connectivity index is 1.58. The Hall–Kier alpha value is -1.73. The molecule has 146 valence electrons. The summed E-state index contributed by atoms with van der Waals surface area (Å²) in [6.45, 7) is 0. The van der Waals surface area contributed by atoms with E-state index in [0.717, 1.165) is 41.7 Å². The third-order valence-corrected chi connectivity index (χ3v) is 7.31. The third kappa shape index (κ3) is 3.67. The molecule has 7 heteroatoms. The van der Waals surface area contributed by atoms with Crippen LogP contribution < -0.4 is 5.32 Å². The minimum absolute atomic E-state index is 0.138. The molecular weight excluding hydrogens is 360 g/mol. The van der Waals surface area contributed by atoms with Crippen LogP contribution >= 0.6 is 11.3 Å². The van der Waals surface area contributed by atoms with Crippen LogP contribution in [0.3, 0.4) is 0 Å². The summed E-state index contributed by atoms with van der Waals surface area (Å²) in [5.74, 6) is 1.03. The molecule has 0 spiro atoms. The second-order valence-electron chi connectivity index (χ2n) is 7.97. The van der Waals surface area contributed by atoms with Crippen molar-refractivity contribution in [3.05, 3.63) is 16.8 Å². The molecule has 0 saturated heterocycles. The van der Waals surface area contributed by atoms with Gasteiger partial charge in [-0.05, 0) is 64.1 Å². The van der Waals surface area contributed by atoms with Gasteiger partial charge in [0.25, 0.3) is 0 Å². The number of carbonyl (C=O) groups is 1. The standard InChI is InChI=1S/C20H28N4O2S/c1-24(2)14-7-5-13(6-8-14)23-19-18-17-12(10-16(25)26-3)4-9-15(17)27-20(18)22-11-21-19/h11-14H,4-10H2,1-3H3,(H,21,22,23). The molecule has 1 saturated carbocycles. The molecular formula is C20H28N4O2S. The molecule has 2 aliphatic carbocycles. The van der Waals surface area contributed by atoms with Crippen LogP contribution in [0.4, 0.5) is 5.82 Å². The molecule has 0 amide bonds. The van der Waals surface area contributed by atoms with Crippen molar-refractivity contribution in [3.8, 4) is 0 Å². The van der Waals surface area contributed by atoms with Crippen molar-refractivity contribution in [1.29, 1.82) is 0 Å². The molecule has 0 bridgehead atoms. The molecule has 0 radical (unpaired) electrons. The summed E-state index contributed by atoms with van der Waals surface area (Å²) in [7, 11) is 5.80. The van der Waals surface area contributed by atoms with E-state index in [2.05, 4.69) is 34.3 Å². The van der Waals surface area contributed by atoms with Crippen LogP contribution in [0.15, 0.2) is 6.33 Å². The Kier molecular flexibility index (Phi) is 5.32. The molecule has 27 heavy (non-hydrogen) atoms. The first-order valence-electron chi connectivity index (χ1n) is 9.82. The highest BCUT2D eigenvalue weighted by Crippen LogP contribution is 2.46. The molecule has 1 atom stereocenters. The number of fused-ring (bicyclic) bond motifs is 3. The van der Waals surface area contributed by atoms with Gasteiger partial charge in [0.1, 0.15) is 17.0 Å². The molecule has 2 aromatic heterocycles. The molecule has 1 N–H and O–H groups in total. The van der Waals surface area contributed by atoms with Gasteiger partial charge in [0.05, 0.1) is 18.9 Å². The monoisotopic (exact) mass is 388 g/mol. The van der Waals surface area contributed by atoms with Gasteiger partial charge < -0.3 is 15.0 Å². The van der Waals surface area contributed by atoms with E-state index in [-0.39, 0.29) is 11.9 Å². The molecule has 2 aromatic rings. The molecule has 2 aliphatic rings. The first kappa shape index (κ1) is 18.6. The van der Waals surface area contributed by atoms with Gasteiger partial charge in [0.2, 0.25) is 0 Å². The number of thiophene rings is 1. The quantitative estimate of drug-likeness (QED) is 0.790. The van der Waals surface area contributed by atoms with E-state index >= 15 is 0 Å². The first-order valence-corrected chi connectivity index (χ1v) is 10.6. The van der Waals surface area contributed by atoms with Gasteiger partial charge in [0, 0.05) is 17.0 Å². The van der Waals surface area contributed by atoms with Crippen molar-refractivity contribution in [2.45, 2.75) is 62.9 Å². The maximum Gasteiger partial charge on any atom is 0.306 e. The Morgan fingerprint density at radius 3 is 2.74 bits per heavy atom. The van der Waals surface area contributed by atoms with Crippen LogP contribution in [0.25, 0.3) is 10.2 Å². The van der Waals surface area contributed by atoms with Crippen molar-refractivity contribution >= 4 is 33.3 Å². The van der Waals surface area contributed by atoms with Crippen molar-refractivity contribution in [2.75, 3.05) is 26.5 Å². The average molecular weight is 389 g/mol. The van der Waals surface area contributed by atoms with Crippen LogP contribution in [0.5, 0.6) is 0 Å². The summed E-state index contributed by atoms with van der Waals surface area (Å²) in [6, 6.07) is 1.14. The third-order valence-electron chi connectivity index (χ3n) is 6.14. The Morgan fingerprint density at radius 1 is 1.26 bits per heavy atom. The largest absolute Gasteiger partial charge is 0.469 e. The van der Waals surface area contributed by atoms with Crippen LogP contribution in [0.2, 0.25) is 0 Å². The summed E-state index contributed by atoms with van der Waals surface area (Å²) >= 11 is 1.76. The van der Waals surface area contributed by atoms with Crippen LogP contribution in [-0.2, 0) is 16.0 Å². The minimum atomic E-state index is -0.138. The molecule has 2 heterocycles. The zero-order valence-corrected chi connectivity index (χ0v) is 17.1. The number of hydrogen-bond acceptors (Lipinski definition) is 7.